The number of anilines is 1. The number of hydrogen-bond donors (Lipinski definition) is 1. The van der Waals surface area contributed by atoms with Crippen molar-refractivity contribution >= 4 is 22.4 Å². The maximum absolute atomic E-state index is 13.1. The van der Waals surface area contributed by atoms with Gasteiger partial charge in [0.2, 0.25) is 0 Å². The first-order chi connectivity index (χ1) is 12.5. The number of nitrogens with one attached hydrogen (secondary N) is 1. The van der Waals surface area contributed by atoms with Gasteiger partial charge in [0, 0.05) is 16.5 Å². The van der Waals surface area contributed by atoms with Gasteiger partial charge in [-0.25, -0.2) is 9.37 Å². The van der Waals surface area contributed by atoms with Gasteiger partial charge in [-0.3, -0.25) is 10.1 Å². The molecule has 0 aliphatic heterocycles. The fourth-order valence-electron chi connectivity index (χ4n) is 2.33. The van der Waals surface area contributed by atoms with Crippen LogP contribution in [0.5, 0.6) is 11.5 Å². The van der Waals surface area contributed by atoms with Crippen molar-refractivity contribution in [3.8, 4) is 22.8 Å². The van der Waals surface area contributed by atoms with Crippen LogP contribution in [-0.2, 0) is 4.79 Å². The minimum Gasteiger partial charge on any atom is -0.497 e. The fraction of sp³-hybridized carbons (Fsp3) is 0.158. The minimum absolute atomic E-state index is 0.222. The Morgan fingerprint density at radius 1 is 1.19 bits per heavy atom. The number of aromatic nitrogens is 1. The monoisotopic (exact) mass is 372 g/mol. The highest BCUT2D eigenvalue weighted by Crippen LogP contribution is 2.31. The SMILES string of the molecule is COc1ccc(-c2nc(NC(=O)COc3cccc(F)c3)sc2C)cc1. The van der Waals surface area contributed by atoms with Crippen molar-refractivity contribution in [3.63, 3.8) is 0 Å². The summed E-state index contributed by atoms with van der Waals surface area (Å²) in [6.45, 7) is 1.72. The molecule has 0 bridgehead atoms. The van der Waals surface area contributed by atoms with Crippen LogP contribution < -0.4 is 14.8 Å². The fourth-order valence-corrected chi connectivity index (χ4v) is 3.18. The summed E-state index contributed by atoms with van der Waals surface area (Å²) in [4.78, 5) is 17.5. The lowest BCUT2D eigenvalue weighted by molar-refractivity contribution is -0.118. The zero-order chi connectivity index (χ0) is 18.5. The summed E-state index contributed by atoms with van der Waals surface area (Å²) < 4.78 is 23.5. The number of hydrogen-bond acceptors (Lipinski definition) is 5. The van der Waals surface area contributed by atoms with E-state index in [1.807, 2.05) is 31.2 Å². The van der Waals surface area contributed by atoms with Gasteiger partial charge in [-0.2, -0.15) is 0 Å². The zero-order valence-electron chi connectivity index (χ0n) is 14.3. The number of carbonyl (C=O) groups excluding carboxylic acids is 1. The van der Waals surface area contributed by atoms with E-state index in [2.05, 4.69) is 10.3 Å². The number of ether oxygens (including phenoxy) is 2. The first-order valence-electron chi connectivity index (χ1n) is 7.85. The third kappa shape index (κ3) is 4.37. The van der Waals surface area contributed by atoms with E-state index in [0.717, 1.165) is 21.9 Å². The van der Waals surface area contributed by atoms with Crippen molar-refractivity contribution < 1.29 is 18.7 Å². The average molecular weight is 372 g/mol. The molecule has 0 radical (unpaired) electrons. The third-order valence-electron chi connectivity index (χ3n) is 3.57. The molecule has 0 saturated heterocycles. The minimum atomic E-state index is -0.414. The van der Waals surface area contributed by atoms with E-state index in [9.17, 15) is 9.18 Å². The molecule has 0 atom stereocenters. The van der Waals surface area contributed by atoms with Gasteiger partial charge in [0.25, 0.3) is 5.91 Å². The normalized spacial score (nSPS) is 10.4. The Morgan fingerprint density at radius 3 is 2.65 bits per heavy atom. The standard InChI is InChI=1S/C19H17FN2O3S/c1-12-18(13-6-8-15(24-2)9-7-13)22-19(26-12)21-17(23)11-25-16-5-3-4-14(20)10-16/h3-10H,11H2,1-2H3,(H,21,22,23). The van der Waals surface area contributed by atoms with Crippen molar-refractivity contribution in [1.29, 1.82) is 0 Å². The number of amides is 1. The van der Waals surface area contributed by atoms with Gasteiger partial charge in [-0.05, 0) is 43.3 Å². The Kier molecular flexibility index (Phi) is 5.48. The molecule has 0 aliphatic carbocycles. The molecular weight excluding hydrogens is 355 g/mol. The van der Waals surface area contributed by atoms with Crippen LogP contribution in [0, 0.1) is 12.7 Å². The summed E-state index contributed by atoms with van der Waals surface area (Å²) in [5.74, 6) is 0.297. The van der Waals surface area contributed by atoms with Crippen molar-refractivity contribution in [2.75, 3.05) is 19.0 Å². The molecule has 0 saturated carbocycles. The van der Waals surface area contributed by atoms with Gasteiger partial charge >= 0.3 is 0 Å². The van der Waals surface area contributed by atoms with E-state index in [1.165, 1.54) is 29.5 Å². The summed E-state index contributed by atoms with van der Waals surface area (Å²) in [6, 6.07) is 13.2. The molecule has 2 aromatic carbocycles. The Balaban J connectivity index is 1.63. The molecule has 26 heavy (non-hydrogen) atoms. The third-order valence-corrected chi connectivity index (χ3v) is 4.46. The topological polar surface area (TPSA) is 60.5 Å². The highest BCUT2D eigenvalue weighted by molar-refractivity contribution is 7.16. The number of halogens is 1. The number of rotatable bonds is 6. The lowest BCUT2D eigenvalue weighted by Gasteiger charge is -2.05. The summed E-state index contributed by atoms with van der Waals surface area (Å²) in [5, 5.41) is 3.19. The van der Waals surface area contributed by atoms with Crippen molar-refractivity contribution in [2.45, 2.75) is 6.92 Å². The van der Waals surface area contributed by atoms with Crippen LogP contribution in [0.25, 0.3) is 11.3 Å². The molecule has 1 aromatic heterocycles. The molecule has 3 aromatic rings. The summed E-state index contributed by atoms with van der Waals surface area (Å²) in [7, 11) is 1.61. The van der Waals surface area contributed by atoms with Crippen LogP contribution in [-0.4, -0.2) is 24.6 Å². The van der Waals surface area contributed by atoms with Crippen LogP contribution in [0.15, 0.2) is 48.5 Å². The highest BCUT2D eigenvalue weighted by atomic mass is 32.1. The van der Waals surface area contributed by atoms with Crippen molar-refractivity contribution in [3.05, 3.63) is 59.2 Å². The molecule has 1 N–H and O–H groups in total. The van der Waals surface area contributed by atoms with E-state index < -0.39 is 5.82 Å². The van der Waals surface area contributed by atoms with Crippen LogP contribution in [0.4, 0.5) is 9.52 Å². The molecule has 1 amide bonds. The summed E-state index contributed by atoms with van der Waals surface area (Å²) >= 11 is 1.38. The molecule has 0 aliphatic rings. The molecule has 3 rings (SSSR count). The van der Waals surface area contributed by atoms with E-state index in [1.54, 1.807) is 13.2 Å². The average Bonchev–Trinajstić information content (AvgIpc) is 3.00. The summed E-state index contributed by atoms with van der Waals surface area (Å²) in [5.41, 5.74) is 1.75. The molecule has 134 valence electrons. The predicted molar refractivity (Wildman–Crippen MR) is 99.4 cm³/mol. The van der Waals surface area contributed by atoms with E-state index in [-0.39, 0.29) is 12.5 Å². The Morgan fingerprint density at radius 2 is 1.96 bits per heavy atom. The molecular formula is C19H17FN2O3S. The molecule has 0 fully saturated rings. The maximum Gasteiger partial charge on any atom is 0.264 e. The number of benzene rings is 2. The van der Waals surface area contributed by atoms with Crippen molar-refractivity contribution in [1.82, 2.24) is 4.98 Å². The van der Waals surface area contributed by atoms with Crippen LogP contribution >= 0.6 is 11.3 Å². The Labute approximate surface area is 154 Å². The molecule has 1 heterocycles. The van der Waals surface area contributed by atoms with Gasteiger partial charge in [0.05, 0.1) is 12.8 Å². The van der Waals surface area contributed by atoms with Crippen LogP contribution in [0.3, 0.4) is 0 Å². The maximum atomic E-state index is 13.1. The smallest absolute Gasteiger partial charge is 0.264 e. The van der Waals surface area contributed by atoms with Crippen LogP contribution in [0.1, 0.15) is 4.88 Å². The first kappa shape index (κ1) is 17.9. The predicted octanol–water partition coefficient (Wildman–Crippen LogP) is 4.28. The highest BCUT2D eigenvalue weighted by Gasteiger charge is 2.13. The van der Waals surface area contributed by atoms with Crippen LogP contribution in [0.2, 0.25) is 0 Å². The molecule has 0 unspecified atom stereocenters. The van der Waals surface area contributed by atoms with Gasteiger partial charge in [0.1, 0.15) is 17.3 Å². The van der Waals surface area contributed by atoms with E-state index in [0.29, 0.717) is 10.9 Å². The number of aryl methyl sites for hydroxylation is 1. The number of nitrogens with zero attached hydrogens (tertiary/aromatic N) is 1. The van der Waals surface area contributed by atoms with Gasteiger partial charge in [-0.15, -0.1) is 11.3 Å². The summed E-state index contributed by atoms with van der Waals surface area (Å²) in [6.07, 6.45) is 0. The van der Waals surface area contributed by atoms with Gasteiger partial charge < -0.3 is 9.47 Å². The first-order valence-corrected chi connectivity index (χ1v) is 8.67. The number of thiazole rings is 1. The zero-order valence-corrected chi connectivity index (χ0v) is 15.1. The van der Waals surface area contributed by atoms with Crippen molar-refractivity contribution in [2.24, 2.45) is 0 Å². The second-order valence-corrected chi connectivity index (χ2v) is 6.65. The second-order valence-electron chi connectivity index (χ2n) is 5.45. The molecule has 5 nitrogen and oxygen atoms in total. The second kappa shape index (κ2) is 7.97. The Hall–Kier alpha value is -2.93. The van der Waals surface area contributed by atoms with Gasteiger partial charge in [0.15, 0.2) is 11.7 Å². The quantitative estimate of drug-likeness (QED) is 0.701. The lowest BCUT2D eigenvalue weighted by atomic mass is 10.1. The van der Waals surface area contributed by atoms with E-state index in [4.69, 9.17) is 9.47 Å². The lowest BCUT2D eigenvalue weighted by Crippen LogP contribution is -2.20. The molecule has 7 heteroatoms. The number of carbonyl (C=O) groups is 1. The largest absolute Gasteiger partial charge is 0.497 e. The molecule has 0 spiro atoms. The Bertz CT molecular complexity index is 909. The van der Waals surface area contributed by atoms with E-state index >= 15 is 0 Å². The number of methoxy groups -OCH3 is 1. The van der Waals surface area contributed by atoms with Gasteiger partial charge in [-0.1, -0.05) is 6.07 Å².